The molecule has 1 aromatic heterocycles. The zero-order valence-corrected chi connectivity index (χ0v) is 10.3. The minimum Gasteiger partial charge on any atom is -0.399 e. The van der Waals surface area contributed by atoms with Crippen LogP contribution in [-0.4, -0.2) is 9.97 Å². The maximum atomic E-state index is 5.78. The molecule has 0 saturated heterocycles. The van der Waals surface area contributed by atoms with E-state index in [0.29, 0.717) is 13.2 Å². The quantitative estimate of drug-likeness (QED) is 0.654. The van der Waals surface area contributed by atoms with Crippen LogP contribution in [0, 0.1) is 0 Å². The number of nitrogens with two attached hydrogens (primary N) is 1. The highest BCUT2D eigenvalue weighted by molar-refractivity contribution is 5.82. The summed E-state index contributed by atoms with van der Waals surface area (Å²) in [5.74, 6) is 0.871. The first kappa shape index (κ1) is 10.6. The van der Waals surface area contributed by atoms with Crippen LogP contribution in [-0.2, 0) is 18.0 Å². The van der Waals surface area contributed by atoms with Gasteiger partial charge < -0.3 is 15.5 Å². The van der Waals surface area contributed by atoms with Gasteiger partial charge in [-0.1, -0.05) is 12.1 Å². The topological polar surface area (TPSA) is 63.9 Å². The highest BCUT2D eigenvalue weighted by atomic mass is 16.5. The van der Waals surface area contributed by atoms with Gasteiger partial charge in [-0.3, -0.25) is 0 Å². The van der Waals surface area contributed by atoms with Crippen LogP contribution in [0.25, 0.3) is 22.4 Å². The third kappa shape index (κ3) is 1.69. The smallest absolute Gasteiger partial charge is 0.138 e. The molecule has 0 unspecified atom stereocenters. The number of H-pyrrole nitrogens is 1. The fourth-order valence-electron chi connectivity index (χ4n) is 2.48. The zero-order chi connectivity index (χ0) is 12.8. The number of nitrogen functional groups attached to an aromatic ring is 1. The van der Waals surface area contributed by atoms with E-state index in [1.807, 2.05) is 18.2 Å². The summed E-state index contributed by atoms with van der Waals surface area (Å²) in [7, 11) is 0. The number of imidazole rings is 1. The molecule has 2 aromatic carbocycles. The van der Waals surface area contributed by atoms with Crippen molar-refractivity contribution in [2.45, 2.75) is 13.2 Å². The summed E-state index contributed by atoms with van der Waals surface area (Å²) in [4.78, 5) is 7.91. The van der Waals surface area contributed by atoms with Crippen LogP contribution in [0.4, 0.5) is 5.69 Å². The van der Waals surface area contributed by atoms with Crippen LogP contribution < -0.4 is 5.73 Å². The van der Waals surface area contributed by atoms with E-state index in [9.17, 15) is 0 Å². The summed E-state index contributed by atoms with van der Waals surface area (Å²) >= 11 is 0. The zero-order valence-electron chi connectivity index (χ0n) is 10.3. The van der Waals surface area contributed by atoms with E-state index in [0.717, 1.165) is 28.1 Å². The molecular weight excluding hydrogens is 238 g/mol. The van der Waals surface area contributed by atoms with Crippen LogP contribution in [0.3, 0.4) is 0 Å². The van der Waals surface area contributed by atoms with Gasteiger partial charge in [-0.2, -0.15) is 0 Å². The SMILES string of the molecule is Nc1ccc2nc(-c3ccc4c(c3)COC4)[nH]c2c1. The fourth-order valence-corrected chi connectivity index (χ4v) is 2.48. The average molecular weight is 251 g/mol. The molecule has 3 N–H and O–H groups in total. The lowest BCUT2D eigenvalue weighted by Gasteiger charge is -2.00. The molecule has 3 aromatic rings. The summed E-state index contributed by atoms with van der Waals surface area (Å²) in [5, 5.41) is 0. The Bertz CT molecular complexity index is 776. The van der Waals surface area contributed by atoms with E-state index in [2.05, 4.69) is 28.2 Å². The van der Waals surface area contributed by atoms with Crippen molar-refractivity contribution >= 4 is 16.7 Å². The minimum absolute atomic E-state index is 0.691. The first-order chi connectivity index (χ1) is 9.29. The Labute approximate surface area is 110 Å². The lowest BCUT2D eigenvalue weighted by molar-refractivity contribution is 0.134. The lowest BCUT2D eigenvalue weighted by Crippen LogP contribution is -1.86. The number of nitrogens with one attached hydrogen (secondary N) is 1. The number of nitrogens with zero attached hydrogens (tertiary/aromatic N) is 1. The molecule has 0 radical (unpaired) electrons. The third-order valence-electron chi connectivity index (χ3n) is 3.50. The van der Waals surface area contributed by atoms with E-state index < -0.39 is 0 Å². The third-order valence-corrected chi connectivity index (χ3v) is 3.50. The number of aromatic nitrogens is 2. The maximum Gasteiger partial charge on any atom is 0.138 e. The molecule has 19 heavy (non-hydrogen) atoms. The van der Waals surface area contributed by atoms with E-state index in [4.69, 9.17) is 10.5 Å². The van der Waals surface area contributed by atoms with Gasteiger partial charge >= 0.3 is 0 Å². The number of anilines is 1. The van der Waals surface area contributed by atoms with Crippen LogP contribution in [0.15, 0.2) is 36.4 Å². The van der Waals surface area contributed by atoms with Gasteiger partial charge in [-0.15, -0.1) is 0 Å². The maximum absolute atomic E-state index is 5.78. The Morgan fingerprint density at radius 3 is 2.89 bits per heavy atom. The molecule has 0 fully saturated rings. The van der Waals surface area contributed by atoms with Crippen LogP contribution >= 0.6 is 0 Å². The first-order valence-corrected chi connectivity index (χ1v) is 6.25. The second kappa shape index (κ2) is 3.83. The Morgan fingerprint density at radius 2 is 1.95 bits per heavy atom. The summed E-state index contributed by atoms with van der Waals surface area (Å²) < 4.78 is 5.43. The van der Waals surface area contributed by atoms with Crippen molar-refractivity contribution in [1.82, 2.24) is 9.97 Å². The molecule has 4 rings (SSSR count). The van der Waals surface area contributed by atoms with Crippen molar-refractivity contribution in [3.63, 3.8) is 0 Å². The van der Waals surface area contributed by atoms with E-state index >= 15 is 0 Å². The van der Waals surface area contributed by atoms with Gasteiger partial charge in [0, 0.05) is 11.3 Å². The first-order valence-electron chi connectivity index (χ1n) is 6.25. The van der Waals surface area contributed by atoms with Gasteiger partial charge in [0.05, 0.1) is 24.2 Å². The van der Waals surface area contributed by atoms with Gasteiger partial charge in [0.2, 0.25) is 0 Å². The van der Waals surface area contributed by atoms with Crippen molar-refractivity contribution in [1.29, 1.82) is 0 Å². The van der Waals surface area contributed by atoms with Gasteiger partial charge in [0.25, 0.3) is 0 Å². The number of fused-ring (bicyclic) bond motifs is 2. The molecule has 0 bridgehead atoms. The summed E-state index contributed by atoms with van der Waals surface area (Å²) in [6.45, 7) is 1.41. The van der Waals surface area contributed by atoms with Crippen molar-refractivity contribution < 1.29 is 4.74 Å². The summed E-state index contributed by atoms with van der Waals surface area (Å²) in [6.07, 6.45) is 0. The van der Waals surface area contributed by atoms with Crippen molar-refractivity contribution in [2.24, 2.45) is 0 Å². The molecule has 4 nitrogen and oxygen atoms in total. The normalized spacial score (nSPS) is 13.9. The monoisotopic (exact) mass is 251 g/mol. The highest BCUT2D eigenvalue weighted by Gasteiger charge is 2.13. The molecular formula is C15H13N3O. The minimum atomic E-state index is 0.691. The van der Waals surface area contributed by atoms with E-state index in [-0.39, 0.29) is 0 Å². The van der Waals surface area contributed by atoms with Gasteiger partial charge in [0.1, 0.15) is 5.82 Å². The molecule has 0 aliphatic carbocycles. The largest absolute Gasteiger partial charge is 0.399 e. The Balaban J connectivity index is 1.85. The Kier molecular flexibility index (Phi) is 2.13. The van der Waals surface area contributed by atoms with Crippen molar-refractivity contribution in [2.75, 3.05) is 5.73 Å². The molecule has 2 heterocycles. The number of hydrogen-bond donors (Lipinski definition) is 2. The standard InChI is InChI=1S/C15H13N3O/c16-12-3-4-13-14(6-12)18-15(17-13)9-1-2-10-7-19-8-11(10)5-9/h1-6H,7-8,16H2,(H,17,18). The molecule has 4 heteroatoms. The summed E-state index contributed by atoms with van der Waals surface area (Å²) in [5.41, 5.74) is 12.0. The number of rotatable bonds is 1. The van der Waals surface area contributed by atoms with Crippen molar-refractivity contribution in [3.8, 4) is 11.4 Å². The average Bonchev–Trinajstić information content (AvgIpc) is 3.02. The number of benzene rings is 2. The molecule has 1 aliphatic heterocycles. The van der Waals surface area contributed by atoms with Crippen molar-refractivity contribution in [3.05, 3.63) is 47.5 Å². The number of ether oxygens (including phenoxy) is 1. The van der Waals surface area contributed by atoms with Crippen LogP contribution in [0.5, 0.6) is 0 Å². The molecule has 0 saturated carbocycles. The Hall–Kier alpha value is -2.33. The molecule has 94 valence electrons. The second-order valence-corrected chi connectivity index (χ2v) is 4.84. The molecule has 0 amide bonds. The lowest BCUT2D eigenvalue weighted by atomic mass is 10.1. The fraction of sp³-hybridized carbons (Fsp3) is 0.133. The molecule has 0 atom stereocenters. The van der Waals surface area contributed by atoms with E-state index in [1.165, 1.54) is 11.1 Å². The van der Waals surface area contributed by atoms with Gasteiger partial charge in [-0.05, 0) is 35.4 Å². The van der Waals surface area contributed by atoms with E-state index in [1.54, 1.807) is 0 Å². The second-order valence-electron chi connectivity index (χ2n) is 4.84. The van der Waals surface area contributed by atoms with Crippen LogP contribution in [0.1, 0.15) is 11.1 Å². The number of aromatic amines is 1. The van der Waals surface area contributed by atoms with Gasteiger partial charge in [0.15, 0.2) is 0 Å². The predicted molar refractivity (Wildman–Crippen MR) is 74.4 cm³/mol. The Morgan fingerprint density at radius 1 is 1.05 bits per heavy atom. The van der Waals surface area contributed by atoms with Crippen LogP contribution in [0.2, 0.25) is 0 Å². The predicted octanol–water partition coefficient (Wildman–Crippen LogP) is 2.84. The molecule has 0 spiro atoms. The molecule has 1 aliphatic rings. The number of hydrogen-bond acceptors (Lipinski definition) is 3. The van der Waals surface area contributed by atoms with Gasteiger partial charge in [-0.25, -0.2) is 4.98 Å². The summed E-state index contributed by atoms with van der Waals surface area (Å²) in [6, 6.07) is 12.0. The highest BCUT2D eigenvalue weighted by Crippen LogP contribution is 2.27.